The highest BCUT2D eigenvalue weighted by molar-refractivity contribution is 8.07. The number of rotatable bonds is 0. The molecule has 1 aliphatic heterocycles. The molecule has 0 bridgehead atoms. The SMILES string of the molecule is CC1(C)C=CC2(CC1)[S@@](=O)CC[S@@]2=O. The lowest BCUT2D eigenvalue weighted by atomic mass is 9.83. The Morgan fingerprint density at radius 3 is 2.00 bits per heavy atom. The first-order valence-corrected chi connectivity index (χ1v) is 7.57. The fourth-order valence-electron chi connectivity index (χ4n) is 2.00. The van der Waals surface area contributed by atoms with Crippen LogP contribution in [0, 0.1) is 5.41 Å². The van der Waals surface area contributed by atoms with Crippen molar-refractivity contribution >= 4 is 21.6 Å². The summed E-state index contributed by atoms with van der Waals surface area (Å²) in [5.74, 6) is 1.22. The van der Waals surface area contributed by atoms with Crippen molar-refractivity contribution in [3.8, 4) is 0 Å². The normalized spacial score (nSPS) is 39.0. The number of allylic oxidation sites excluding steroid dienone is 1. The van der Waals surface area contributed by atoms with Crippen LogP contribution in [0.3, 0.4) is 0 Å². The first-order chi connectivity index (χ1) is 6.46. The Labute approximate surface area is 90.1 Å². The average molecular weight is 232 g/mol. The van der Waals surface area contributed by atoms with Crippen LogP contribution in [-0.2, 0) is 21.6 Å². The van der Waals surface area contributed by atoms with Crippen LogP contribution < -0.4 is 0 Å². The minimum atomic E-state index is -0.918. The summed E-state index contributed by atoms with van der Waals surface area (Å²) >= 11 is 0. The van der Waals surface area contributed by atoms with E-state index in [0.29, 0.717) is 11.5 Å². The zero-order chi connectivity index (χ0) is 10.4. The first kappa shape index (κ1) is 10.6. The summed E-state index contributed by atoms with van der Waals surface area (Å²) in [6.07, 6.45) is 5.87. The Bertz CT molecular complexity index is 315. The molecule has 14 heavy (non-hydrogen) atoms. The van der Waals surface area contributed by atoms with Crippen LogP contribution in [0.15, 0.2) is 12.2 Å². The van der Waals surface area contributed by atoms with E-state index in [9.17, 15) is 8.42 Å². The van der Waals surface area contributed by atoms with Crippen LogP contribution in [0.5, 0.6) is 0 Å². The van der Waals surface area contributed by atoms with Gasteiger partial charge in [0.2, 0.25) is 0 Å². The molecule has 0 aromatic rings. The highest BCUT2D eigenvalue weighted by atomic mass is 32.3. The summed E-state index contributed by atoms with van der Waals surface area (Å²) in [6, 6.07) is 0. The van der Waals surface area contributed by atoms with Crippen LogP contribution in [0.2, 0.25) is 0 Å². The van der Waals surface area contributed by atoms with Gasteiger partial charge in [-0.2, -0.15) is 0 Å². The van der Waals surface area contributed by atoms with Gasteiger partial charge in [0.1, 0.15) is 4.08 Å². The van der Waals surface area contributed by atoms with Crippen molar-refractivity contribution in [3.63, 3.8) is 0 Å². The Balaban J connectivity index is 2.35. The summed E-state index contributed by atoms with van der Waals surface area (Å²) in [5.41, 5.74) is 0.183. The third-order valence-electron chi connectivity index (χ3n) is 3.13. The molecule has 80 valence electrons. The molecule has 2 rings (SSSR count). The standard InChI is InChI=1S/C10H16O2S2/c1-9(2)3-5-10(6-4-9)13(11)7-8-14(10)12/h3,5H,4,6-8H2,1-2H3/t13-,14-/m0/s1. The van der Waals surface area contributed by atoms with E-state index in [2.05, 4.69) is 19.9 Å². The molecule has 4 heteroatoms. The minimum absolute atomic E-state index is 0.183. The minimum Gasteiger partial charge on any atom is -0.258 e. The van der Waals surface area contributed by atoms with E-state index >= 15 is 0 Å². The molecule has 0 aromatic heterocycles. The molecule has 1 aliphatic carbocycles. The molecule has 0 amide bonds. The van der Waals surface area contributed by atoms with Crippen molar-refractivity contribution in [1.82, 2.24) is 0 Å². The largest absolute Gasteiger partial charge is 0.258 e. The van der Waals surface area contributed by atoms with E-state index in [4.69, 9.17) is 0 Å². The molecule has 2 nitrogen and oxygen atoms in total. The van der Waals surface area contributed by atoms with Crippen molar-refractivity contribution in [2.45, 2.75) is 30.8 Å². The third kappa shape index (κ3) is 1.52. The fraction of sp³-hybridized carbons (Fsp3) is 0.800. The summed E-state index contributed by atoms with van der Waals surface area (Å²) in [5, 5.41) is 0. The summed E-state index contributed by atoms with van der Waals surface area (Å²) in [7, 11) is -1.84. The van der Waals surface area contributed by atoms with E-state index < -0.39 is 25.7 Å². The Morgan fingerprint density at radius 2 is 1.57 bits per heavy atom. The molecule has 2 aliphatic rings. The van der Waals surface area contributed by atoms with Gasteiger partial charge in [-0.1, -0.05) is 26.0 Å². The predicted octanol–water partition coefficient (Wildman–Crippen LogP) is 1.57. The molecule has 1 heterocycles. The maximum Gasteiger partial charge on any atom is 0.139 e. The van der Waals surface area contributed by atoms with Gasteiger partial charge in [-0.25, -0.2) is 0 Å². The topological polar surface area (TPSA) is 34.1 Å². The molecule has 1 saturated heterocycles. The van der Waals surface area contributed by atoms with Crippen LogP contribution in [0.4, 0.5) is 0 Å². The summed E-state index contributed by atoms with van der Waals surface area (Å²) in [6.45, 7) is 4.33. The van der Waals surface area contributed by atoms with Gasteiger partial charge in [0.25, 0.3) is 0 Å². The molecule has 0 N–H and O–H groups in total. The van der Waals surface area contributed by atoms with Gasteiger partial charge in [0.15, 0.2) is 0 Å². The van der Waals surface area contributed by atoms with E-state index in [1.807, 2.05) is 6.08 Å². The van der Waals surface area contributed by atoms with Gasteiger partial charge in [-0.3, -0.25) is 8.42 Å². The summed E-state index contributed by atoms with van der Waals surface area (Å²) in [4.78, 5) is 0. The van der Waals surface area contributed by atoms with Gasteiger partial charge in [0, 0.05) is 33.1 Å². The Hall–Kier alpha value is 0.0400. The van der Waals surface area contributed by atoms with E-state index in [0.717, 1.165) is 12.8 Å². The van der Waals surface area contributed by atoms with Crippen molar-refractivity contribution in [2.75, 3.05) is 11.5 Å². The average Bonchev–Trinajstić information content (AvgIpc) is 2.39. The molecule has 0 radical (unpaired) electrons. The monoisotopic (exact) mass is 232 g/mol. The smallest absolute Gasteiger partial charge is 0.139 e. The molecular weight excluding hydrogens is 216 g/mol. The second-order valence-electron chi connectivity index (χ2n) is 4.73. The fourth-order valence-corrected chi connectivity index (χ4v) is 6.33. The Morgan fingerprint density at radius 1 is 1.00 bits per heavy atom. The lowest BCUT2D eigenvalue weighted by molar-refractivity contribution is 0.399. The maximum atomic E-state index is 11.8. The van der Waals surface area contributed by atoms with Crippen LogP contribution >= 0.6 is 0 Å². The maximum absolute atomic E-state index is 11.8. The summed E-state index contributed by atoms with van der Waals surface area (Å²) < 4.78 is 23.2. The Kier molecular flexibility index (Phi) is 2.47. The quantitative estimate of drug-likeness (QED) is 0.594. The van der Waals surface area contributed by atoms with E-state index in [1.54, 1.807) is 0 Å². The zero-order valence-corrected chi connectivity index (χ0v) is 10.2. The first-order valence-electron chi connectivity index (χ1n) is 4.94. The van der Waals surface area contributed by atoms with Gasteiger partial charge in [-0.15, -0.1) is 0 Å². The second kappa shape index (κ2) is 3.27. The predicted molar refractivity (Wildman–Crippen MR) is 60.9 cm³/mol. The lowest BCUT2D eigenvalue weighted by Gasteiger charge is -2.33. The van der Waals surface area contributed by atoms with Gasteiger partial charge >= 0.3 is 0 Å². The van der Waals surface area contributed by atoms with Gasteiger partial charge < -0.3 is 0 Å². The van der Waals surface area contributed by atoms with E-state index in [-0.39, 0.29) is 5.41 Å². The number of hydrogen-bond donors (Lipinski definition) is 0. The highest BCUT2D eigenvalue weighted by Crippen LogP contribution is 2.42. The molecule has 1 fully saturated rings. The number of hydrogen-bond acceptors (Lipinski definition) is 2. The van der Waals surface area contributed by atoms with Gasteiger partial charge in [-0.05, 0) is 18.3 Å². The van der Waals surface area contributed by atoms with E-state index in [1.165, 1.54) is 0 Å². The van der Waals surface area contributed by atoms with Crippen molar-refractivity contribution in [1.29, 1.82) is 0 Å². The van der Waals surface area contributed by atoms with Crippen molar-refractivity contribution in [3.05, 3.63) is 12.2 Å². The van der Waals surface area contributed by atoms with Crippen LogP contribution in [0.1, 0.15) is 26.7 Å². The lowest BCUT2D eigenvalue weighted by Crippen LogP contribution is -2.36. The molecule has 0 saturated carbocycles. The molecule has 0 unspecified atom stereocenters. The van der Waals surface area contributed by atoms with Crippen molar-refractivity contribution in [2.24, 2.45) is 5.41 Å². The second-order valence-corrected chi connectivity index (χ2v) is 8.65. The molecular formula is C10H16O2S2. The van der Waals surface area contributed by atoms with Crippen molar-refractivity contribution < 1.29 is 8.42 Å². The van der Waals surface area contributed by atoms with Crippen LogP contribution in [-0.4, -0.2) is 24.0 Å². The van der Waals surface area contributed by atoms with Crippen LogP contribution in [0.25, 0.3) is 0 Å². The molecule has 2 atom stereocenters. The zero-order valence-electron chi connectivity index (χ0n) is 8.62. The highest BCUT2D eigenvalue weighted by Gasteiger charge is 2.47. The van der Waals surface area contributed by atoms with Gasteiger partial charge in [0.05, 0.1) is 0 Å². The molecule has 0 aromatic carbocycles. The third-order valence-corrected chi connectivity index (χ3v) is 7.88. The molecule has 1 spiro atoms.